The van der Waals surface area contributed by atoms with Gasteiger partial charge in [-0.1, -0.05) is 55.6 Å². The van der Waals surface area contributed by atoms with Gasteiger partial charge in [0.05, 0.1) is 21.8 Å². The first-order valence-corrected chi connectivity index (χ1v) is 10.8. The van der Waals surface area contributed by atoms with Gasteiger partial charge in [-0.05, 0) is 50.6 Å². The van der Waals surface area contributed by atoms with Crippen LogP contribution < -0.4 is 16.2 Å². The van der Waals surface area contributed by atoms with Crippen molar-refractivity contribution in [1.29, 1.82) is 0 Å². The Morgan fingerprint density at radius 3 is 2.50 bits per heavy atom. The molecule has 0 fully saturated rings. The molecule has 0 atom stereocenters. The number of anilines is 1. The maximum atomic E-state index is 12.0. The second-order valence-corrected chi connectivity index (χ2v) is 7.64. The summed E-state index contributed by atoms with van der Waals surface area (Å²) in [6, 6.07) is 13.3. The van der Waals surface area contributed by atoms with Crippen molar-refractivity contribution in [3.8, 4) is 11.3 Å². The lowest BCUT2D eigenvalue weighted by atomic mass is 10.0. The number of hydrogen-bond acceptors (Lipinski definition) is 4. The predicted molar refractivity (Wildman–Crippen MR) is 130 cm³/mol. The Hall–Kier alpha value is -2.08. The highest BCUT2D eigenvalue weighted by Gasteiger charge is 2.10. The molecule has 0 radical (unpaired) electrons. The Bertz CT molecular complexity index is 990. The van der Waals surface area contributed by atoms with Crippen LogP contribution in [-0.4, -0.2) is 29.8 Å². The summed E-state index contributed by atoms with van der Waals surface area (Å²) in [6.07, 6.45) is 5.94. The molecule has 0 amide bonds. The summed E-state index contributed by atoms with van der Waals surface area (Å²) >= 11 is 6.39. The zero-order valence-corrected chi connectivity index (χ0v) is 18.9. The second kappa shape index (κ2) is 12.6. The van der Waals surface area contributed by atoms with Crippen molar-refractivity contribution in [2.45, 2.75) is 39.0 Å². The van der Waals surface area contributed by atoms with E-state index in [9.17, 15) is 4.79 Å². The Labute approximate surface area is 189 Å². The van der Waals surface area contributed by atoms with Crippen LogP contribution in [0, 0.1) is 0 Å². The molecule has 1 heterocycles. The normalized spacial score (nSPS) is 10.7. The number of benzene rings is 2. The smallest absolute Gasteiger partial charge is 0.272 e. The Kier molecular flexibility index (Phi) is 10.1. The predicted octanol–water partition coefficient (Wildman–Crippen LogP) is 5.64. The monoisotopic (exact) mass is 448 g/mol. The third-order valence-corrected chi connectivity index (χ3v) is 5.32. The lowest BCUT2D eigenvalue weighted by molar-refractivity contribution is 0.591. The van der Waals surface area contributed by atoms with Gasteiger partial charge in [-0.2, -0.15) is 5.10 Å². The lowest BCUT2D eigenvalue weighted by Crippen LogP contribution is -2.16. The van der Waals surface area contributed by atoms with E-state index in [1.54, 1.807) is 0 Å². The third-order valence-electron chi connectivity index (χ3n) is 4.99. The molecular weight excluding hydrogens is 419 g/mol. The van der Waals surface area contributed by atoms with E-state index in [1.807, 2.05) is 42.5 Å². The fourth-order valence-electron chi connectivity index (χ4n) is 3.34. The average Bonchev–Trinajstić information content (AvgIpc) is 2.74. The first-order chi connectivity index (χ1) is 14.2. The number of aromatic amines is 1. The highest BCUT2D eigenvalue weighted by atomic mass is 35.5. The van der Waals surface area contributed by atoms with Gasteiger partial charge in [-0.15, -0.1) is 12.4 Å². The molecule has 5 nitrogen and oxygen atoms in total. The molecule has 0 aliphatic carbocycles. The summed E-state index contributed by atoms with van der Waals surface area (Å²) in [4.78, 5) is 12.0. The van der Waals surface area contributed by atoms with Crippen LogP contribution in [-0.2, 0) is 0 Å². The SMILES string of the molecule is CCCCNCCCCCNc1cc(-c2n[nH]c(=O)c3ccccc23)ccc1Cl.Cl. The van der Waals surface area contributed by atoms with Crippen molar-refractivity contribution < 1.29 is 0 Å². The number of nitrogens with zero attached hydrogens (tertiary/aromatic N) is 1. The molecule has 0 spiro atoms. The van der Waals surface area contributed by atoms with E-state index in [0.29, 0.717) is 10.4 Å². The molecule has 0 saturated carbocycles. The average molecular weight is 449 g/mol. The standard InChI is InChI=1S/C23H29ClN4O.ClH/c1-2-3-13-25-14-7-4-8-15-26-21-16-17(11-12-20(21)24)22-18-9-5-6-10-19(18)23(29)28-27-22;/h5-6,9-12,16,25-26H,2-4,7-8,13-15H2,1H3,(H,28,29);1H. The molecule has 2 aromatic carbocycles. The number of nitrogens with one attached hydrogen (secondary N) is 3. The van der Waals surface area contributed by atoms with Crippen LogP contribution in [0.4, 0.5) is 5.69 Å². The molecule has 1 aromatic heterocycles. The molecule has 3 N–H and O–H groups in total. The van der Waals surface area contributed by atoms with Gasteiger partial charge in [-0.3, -0.25) is 4.79 Å². The number of fused-ring (bicyclic) bond motifs is 1. The molecule has 0 saturated heterocycles. The van der Waals surface area contributed by atoms with Crippen LogP contribution in [0.3, 0.4) is 0 Å². The minimum atomic E-state index is -0.180. The zero-order chi connectivity index (χ0) is 20.5. The summed E-state index contributed by atoms with van der Waals surface area (Å²) in [5.41, 5.74) is 2.38. The van der Waals surface area contributed by atoms with E-state index in [4.69, 9.17) is 11.6 Å². The molecule has 0 unspecified atom stereocenters. The van der Waals surface area contributed by atoms with Crippen LogP contribution in [0.1, 0.15) is 39.0 Å². The molecular formula is C23H30Cl2N4O. The van der Waals surface area contributed by atoms with Crippen LogP contribution in [0.2, 0.25) is 5.02 Å². The summed E-state index contributed by atoms with van der Waals surface area (Å²) in [5.74, 6) is 0. The lowest BCUT2D eigenvalue weighted by Gasteiger charge is -2.11. The van der Waals surface area contributed by atoms with E-state index < -0.39 is 0 Å². The Morgan fingerprint density at radius 1 is 0.967 bits per heavy atom. The maximum Gasteiger partial charge on any atom is 0.272 e. The Balaban J connectivity index is 0.00000320. The zero-order valence-electron chi connectivity index (χ0n) is 17.3. The van der Waals surface area contributed by atoms with Crippen LogP contribution in [0.25, 0.3) is 22.0 Å². The maximum absolute atomic E-state index is 12.0. The van der Waals surface area contributed by atoms with Crippen molar-refractivity contribution in [2.24, 2.45) is 0 Å². The number of rotatable bonds is 11. The molecule has 0 aliphatic heterocycles. The number of hydrogen-bond donors (Lipinski definition) is 3. The van der Waals surface area contributed by atoms with Crippen molar-refractivity contribution >= 4 is 40.5 Å². The molecule has 3 rings (SSSR count). The molecule has 3 aromatic rings. The first kappa shape index (κ1) is 24.2. The first-order valence-electron chi connectivity index (χ1n) is 10.4. The molecule has 30 heavy (non-hydrogen) atoms. The number of aromatic nitrogens is 2. The van der Waals surface area contributed by atoms with Gasteiger partial charge in [-0.25, -0.2) is 5.10 Å². The van der Waals surface area contributed by atoms with Crippen LogP contribution in [0.15, 0.2) is 47.3 Å². The molecule has 7 heteroatoms. The third kappa shape index (κ3) is 6.46. The minimum Gasteiger partial charge on any atom is -0.384 e. The van der Waals surface area contributed by atoms with Crippen molar-refractivity contribution in [3.63, 3.8) is 0 Å². The second-order valence-electron chi connectivity index (χ2n) is 7.23. The van der Waals surface area contributed by atoms with Gasteiger partial charge in [0.25, 0.3) is 5.56 Å². The van der Waals surface area contributed by atoms with Gasteiger partial charge in [0.1, 0.15) is 0 Å². The van der Waals surface area contributed by atoms with Gasteiger partial charge in [0, 0.05) is 17.5 Å². The molecule has 0 aliphatic rings. The fraction of sp³-hybridized carbons (Fsp3) is 0.391. The van der Waals surface area contributed by atoms with Crippen molar-refractivity contribution in [3.05, 3.63) is 57.8 Å². The minimum absolute atomic E-state index is 0. The largest absolute Gasteiger partial charge is 0.384 e. The van der Waals surface area contributed by atoms with Crippen LogP contribution in [0.5, 0.6) is 0 Å². The molecule has 162 valence electrons. The van der Waals surface area contributed by atoms with Crippen molar-refractivity contribution in [2.75, 3.05) is 25.0 Å². The van der Waals surface area contributed by atoms with E-state index in [2.05, 4.69) is 27.8 Å². The highest BCUT2D eigenvalue weighted by Crippen LogP contribution is 2.30. The summed E-state index contributed by atoms with van der Waals surface area (Å²) in [5, 5.41) is 15.9. The molecule has 0 bridgehead atoms. The fourth-order valence-corrected chi connectivity index (χ4v) is 3.53. The number of H-pyrrole nitrogens is 1. The number of unbranched alkanes of at least 4 members (excludes halogenated alkanes) is 3. The quantitative estimate of drug-likeness (QED) is 0.332. The Morgan fingerprint density at radius 2 is 1.70 bits per heavy atom. The number of halogens is 2. The van der Waals surface area contributed by atoms with Gasteiger partial charge in [0.15, 0.2) is 0 Å². The highest BCUT2D eigenvalue weighted by molar-refractivity contribution is 6.33. The topological polar surface area (TPSA) is 69.8 Å². The van der Waals surface area contributed by atoms with Crippen molar-refractivity contribution in [1.82, 2.24) is 15.5 Å². The summed E-state index contributed by atoms with van der Waals surface area (Å²) < 4.78 is 0. The summed E-state index contributed by atoms with van der Waals surface area (Å²) in [6.45, 7) is 5.28. The summed E-state index contributed by atoms with van der Waals surface area (Å²) in [7, 11) is 0. The van der Waals surface area contributed by atoms with Crippen LogP contribution >= 0.6 is 24.0 Å². The van der Waals surface area contributed by atoms with E-state index in [-0.39, 0.29) is 18.0 Å². The van der Waals surface area contributed by atoms with Gasteiger partial charge in [0.2, 0.25) is 0 Å². The van der Waals surface area contributed by atoms with E-state index in [0.717, 1.165) is 48.4 Å². The van der Waals surface area contributed by atoms with Gasteiger partial charge >= 0.3 is 0 Å². The van der Waals surface area contributed by atoms with Gasteiger partial charge < -0.3 is 10.6 Å². The van der Waals surface area contributed by atoms with E-state index >= 15 is 0 Å². The van der Waals surface area contributed by atoms with E-state index in [1.165, 1.54) is 25.7 Å².